The minimum atomic E-state index is -4.68. The van der Waals surface area contributed by atoms with E-state index < -0.39 is 23.6 Å². The molecule has 1 saturated heterocycles. The summed E-state index contributed by atoms with van der Waals surface area (Å²) in [5.74, 6) is -1.67. The SMILES string of the molecule is CCOC(=O)c1cccc(NC(=O)c2cc(N3CCCC3=O)cc(C(F)(F)F)c2)c1. The van der Waals surface area contributed by atoms with Crippen molar-refractivity contribution in [3.05, 3.63) is 59.2 Å². The van der Waals surface area contributed by atoms with Crippen LogP contribution in [0.1, 0.15) is 46.0 Å². The first-order valence-corrected chi connectivity index (χ1v) is 9.30. The molecule has 1 fully saturated rings. The maximum absolute atomic E-state index is 13.4. The van der Waals surface area contributed by atoms with Gasteiger partial charge >= 0.3 is 12.1 Å². The zero-order valence-corrected chi connectivity index (χ0v) is 16.1. The average Bonchev–Trinajstić information content (AvgIpc) is 3.13. The Morgan fingerprint density at radius 1 is 1.13 bits per heavy atom. The molecular weight excluding hydrogens is 401 g/mol. The maximum atomic E-state index is 13.4. The average molecular weight is 420 g/mol. The van der Waals surface area contributed by atoms with Gasteiger partial charge in [-0.15, -0.1) is 0 Å². The van der Waals surface area contributed by atoms with Crippen LogP contribution in [0.4, 0.5) is 24.5 Å². The number of ether oxygens (including phenoxy) is 1. The van der Waals surface area contributed by atoms with Gasteiger partial charge in [0.1, 0.15) is 0 Å². The second kappa shape index (κ2) is 8.56. The summed E-state index contributed by atoms with van der Waals surface area (Å²) in [5, 5.41) is 2.49. The smallest absolute Gasteiger partial charge is 0.416 e. The first kappa shape index (κ1) is 21.4. The number of carbonyl (C=O) groups excluding carboxylic acids is 3. The van der Waals surface area contributed by atoms with Gasteiger partial charge < -0.3 is 15.0 Å². The monoisotopic (exact) mass is 420 g/mol. The highest BCUT2D eigenvalue weighted by atomic mass is 19.4. The predicted molar refractivity (Wildman–Crippen MR) is 103 cm³/mol. The molecule has 0 aromatic heterocycles. The summed E-state index contributed by atoms with van der Waals surface area (Å²) in [7, 11) is 0. The van der Waals surface area contributed by atoms with Crippen molar-refractivity contribution >= 4 is 29.2 Å². The van der Waals surface area contributed by atoms with Crippen molar-refractivity contribution < 1.29 is 32.3 Å². The van der Waals surface area contributed by atoms with Crippen molar-refractivity contribution in [1.82, 2.24) is 0 Å². The molecule has 0 radical (unpaired) electrons. The van der Waals surface area contributed by atoms with E-state index in [1.54, 1.807) is 6.92 Å². The Hall–Kier alpha value is -3.36. The largest absolute Gasteiger partial charge is 0.462 e. The third kappa shape index (κ3) is 4.79. The second-order valence-electron chi connectivity index (χ2n) is 6.67. The number of carbonyl (C=O) groups is 3. The highest BCUT2D eigenvalue weighted by Crippen LogP contribution is 2.34. The number of benzene rings is 2. The molecule has 9 heteroatoms. The molecule has 2 amide bonds. The second-order valence-corrected chi connectivity index (χ2v) is 6.67. The minimum absolute atomic E-state index is 0.0257. The lowest BCUT2D eigenvalue weighted by Gasteiger charge is -2.19. The Kier molecular flexibility index (Phi) is 6.09. The molecule has 1 aliphatic rings. The lowest BCUT2D eigenvalue weighted by molar-refractivity contribution is -0.137. The van der Waals surface area contributed by atoms with E-state index in [0.29, 0.717) is 13.0 Å². The summed E-state index contributed by atoms with van der Waals surface area (Å²) in [4.78, 5) is 37.7. The van der Waals surface area contributed by atoms with Crippen LogP contribution < -0.4 is 10.2 Å². The summed E-state index contributed by atoms with van der Waals surface area (Å²) in [6.07, 6.45) is -3.90. The molecule has 0 spiro atoms. The molecule has 1 aliphatic heterocycles. The highest BCUT2D eigenvalue weighted by molar-refractivity contribution is 6.06. The maximum Gasteiger partial charge on any atom is 0.416 e. The molecule has 1 heterocycles. The molecule has 0 atom stereocenters. The number of hydrogen-bond donors (Lipinski definition) is 1. The summed E-state index contributed by atoms with van der Waals surface area (Å²) >= 11 is 0. The van der Waals surface area contributed by atoms with Crippen molar-refractivity contribution in [3.8, 4) is 0 Å². The number of alkyl halides is 3. The van der Waals surface area contributed by atoms with Crippen molar-refractivity contribution in [1.29, 1.82) is 0 Å². The van der Waals surface area contributed by atoms with Crippen LogP contribution in [0.2, 0.25) is 0 Å². The van der Waals surface area contributed by atoms with Gasteiger partial charge in [0.25, 0.3) is 5.91 Å². The molecule has 0 saturated carbocycles. The van der Waals surface area contributed by atoms with E-state index in [1.165, 1.54) is 35.2 Å². The predicted octanol–water partition coefficient (Wildman–Crippen LogP) is 4.26. The molecular formula is C21H19F3N2O4. The third-order valence-electron chi connectivity index (χ3n) is 4.52. The van der Waals surface area contributed by atoms with Crippen LogP contribution in [0.25, 0.3) is 0 Å². The van der Waals surface area contributed by atoms with Gasteiger partial charge in [0.15, 0.2) is 0 Å². The number of anilines is 2. The summed E-state index contributed by atoms with van der Waals surface area (Å²) in [6.45, 7) is 2.13. The van der Waals surface area contributed by atoms with E-state index >= 15 is 0 Å². The molecule has 3 rings (SSSR count). The lowest BCUT2D eigenvalue weighted by atomic mass is 10.1. The standard InChI is InChI=1S/C21H19F3N2O4/c1-2-30-20(29)13-5-3-6-16(10-13)25-19(28)14-9-15(21(22,23)24)12-17(11-14)26-8-4-7-18(26)27/h3,5-6,9-12H,2,4,7-8H2,1H3,(H,25,28). The summed E-state index contributed by atoms with van der Waals surface area (Å²) in [6, 6.07) is 8.73. The van der Waals surface area contributed by atoms with E-state index in [0.717, 1.165) is 12.1 Å². The van der Waals surface area contributed by atoms with E-state index in [1.807, 2.05) is 0 Å². The normalized spacial score (nSPS) is 14.0. The third-order valence-corrected chi connectivity index (χ3v) is 4.52. The number of nitrogens with zero attached hydrogens (tertiary/aromatic N) is 1. The van der Waals surface area contributed by atoms with Crippen LogP contribution >= 0.6 is 0 Å². The van der Waals surface area contributed by atoms with Crippen molar-refractivity contribution in [3.63, 3.8) is 0 Å². The van der Waals surface area contributed by atoms with Gasteiger partial charge in [0.05, 0.1) is 17.7 Å². The highest BCUT2D eigenvalue weighted by Gasteiger charge is 2.33. The Morgan fingerprint density at radius 3 is 2.53 bits per heavy atom. The zero-order chi connectivity index (χ0) is 21.9. The fraction of sp³-hybridized carbons (Fsp3) is 0.286. The number of nitrogens with one attached hydrogen (secondary N) is 1. The van der Waals surface area contributed by atoms with E-state index in [4.69, 9.17) is 4.74 Å². The quantitative estimate of drug-likeness (QED) is 0.734. The van der Waals surface area contributed by atoms with Crippen LogP contribution in [0.3, 0.4) is 0 Å². The zero-order valence-electron chi connectivity index (χ0n) is 16.1. The van der Waals surface area contributed by atoms with Crippen LogP contribution in [-0.2, 0) is 15.7 Å². The number of esters is 1. The molecule has 6 nitrogen and oxygen atoms in total. The topological polar surface area (TPSA) is 75.7 Å². The van der Waals surface area contributed by atoms with Gasteiger partial charge in [-0.05, 0) is 49.7 Å². The van der Waals surface area contributed by atoms with Crippen molar-refractivity contribution in [2.45, 2.75) is 25.9 Å². The summed E-state index contributed by atoms with van der Waals surface area (Å²) < 4.78 is 44.9. The molecule has 0 unspecified atom stereocenters. The fourth-order valence-electron chi connectivity index (χ4n) is 3.12. The van der Waals surface area contributed by atoms with Gasteiger partial charge in [0, 0.05) is 29.9 Å². The van der Waals surface area contributed by atoms with Gasteiger partial charge in [-0.1, -0.05) is 6.07 Å². The molecule has 1 N–H and O–H groups in total. The number of halogens is 3. The number of amides is 2. The Morgan fingerprint density at radius 2 is 1.90 bits per heavy atom. The number of rotatable bonds is 5. The lowest BCUT2D eigenvalue weighted by Crippen LogP contribution is -2.25. The fourth-order valence-corrected chi connectivity index (χ4v) is 3.12. The van der Waals surface area contributed by atoms with E-state index in [9.17, 15) is 27.6 Å². The number of hydrogen-bond acceptors (Lipinski definition) is 4. The van der Waals surface area contributed by atoms with E-state index in [2.05, 4.69) is 5.32 Å². The Bertz CT molecular complexity index is 988. The molecule has 158 valence electrons. The van der Waals surface area contributed by atoms with Gasteiger partial charge in [-0.3, -0.25) is 9.59 Å². The van der Waals surface area contributed by atoms with Crippen LogP contribution in [0, 0.1) is 0 Å². The molecule has 0 aliphatic carbocycles. The molecule has 2 aromatic carbocycles. The van der Waals surface area contributed by atoms with Crippen molar-refractivity contribution in [2.24, 2.45) is 0 Å². The van der Waals surface area contributed by atoms with E-state index in [-0.39, 0.29) is 41.4 Å². The van der Waals surface area contributed by atoms with Gasteiger partial charge in [0.2, 0.25) is 5.91 Å². The molecule has 0 bridgehead atoms. The minimum Gasteiger partial charge on any atom is -0.462 e. The van der Waals surface area contributed by atoms with Gasteiger partial charge in [-0.25, -0.2) is 4.79 Å². The van der Waals surface area contributed by atoms with Crippen LogP contribution in [0.5, 0.6) is 0 Å². The Labute approximate surface area is 170 Å². The molecule has 2 aromatic rings. The van der Waals surface area contributed by atoms with Gasteiger partial charge in [-0.2, -0.15) is 13.2 Å². The van der Waals surface area contributed by atoms with Crippen LogP contribution in [0.15, 0.2) is 42.5 Å². The van der Waals surface area contributed by atoms with Crippen LogP contribution in [-0.4, -0.2) is 30.9 Å². The first-order chi connectivity index (χ1) is 14.2. The first-order valence-electron chi connectivity index (χ1n) is 9.30. The Balaban J connectivity index is 1.91. The van der Waals surface area contributed by atoms with Crippen molar-refractivity contribution in [2.75, 3.05) is 23.4 Å². The molecule has 30 heavy (non-hydrogen) atoms. The summed E-state index contributed by atoms with van der Waals surface area (Å²) in [5.41, 5.74) is -0.826.